The van der Waals surface area contributed by atoms with Gasteiger partial charge in [0.15, 0.2) is 0 Å². The Morgan fingerprint density at radius 2 is 2.30 bits per heavy atom. The molecular weight excluding hydrogens is 146 g/mol. The first-order valence-electron chi connectivity index (χ1n) is 2.87. The van der Waals surface area contributed by atoms with Crippen molar-refractivity contribution >= 4 is 17.6 Å². The summed E-state index contributed by atoms with van der Waals surface area (Å²) in [6.07, 6.45) is 3.69. The van der Waals surface area contributed by atoms with Crippen molar-refractivity contribution in [3.63, 3.8) is 0 Å². The number of aryl methyl sites for hydroxylation is 1. The summed E-state index contributed by atoms with van der Waals surface area (Å²) in [5.74, 6) is 1.29. The number of rotatable bonds is 1. The van der Waals surface area contributed by atoms with Crippen LogP contribution in [-0.4, -0.2) is 16.2 Å². The molecule has 4 heteroatoms. The minimum absolute atomic E-state index is 0.569. The van der Waals surface area contributed by atoms with Gasteiger partial charge in [-0.05, 0) is 13.2 Å². The minimum Gasteiger partial charge on any atom is -0.383 e. The van der Waals surface area contributed by atoms with Crippen LogP contribution in [0.4, 0.5) is 5.82 Å². The van der Waals surface area contributed by atoms with Crippen molar-refractivity contribution in [2.75, 3.05) is 12.0 Å². The molecule has 0 bridgehead atoms. The summed E-state index contributed by atoms with van der Waals surface area (Å²) in [5.41, 5.74) is 5.56. The summed E-state index contributed by atoms with van der Waals surface area (Å²) in [6.45, 7) is 1.82. The van der Waals surface area contributed by atoms with Crippen LogP contribution in [-0.2, 0) is 0 Å². The number of hydrogen-bond acceptors (Lipinski definition) is 4. The number of nitrogens with two attached hydrogens (primary N) is 1. The molecule has 3 nitrogen and oxygen atoms in total. The van der Waals surface area contributed by atoms with Gasteiger partial charge in [-0.25, -0.2) is 9.97 Å². The Morgan fingerprint density at radius 1 is 1.60 bits per heavy atom. The van der Waals surface area contributed by atoms with Gasteiger partial charge in [0, 0.05) is 6.20 Å². The fourth-order valence-electron chi connectivity index (χ4n) is 0.634. The van der Waals surface area contributed by atoms with E-state index in [0.717, 1.165) is 10.7 Å². The number of nitrogens with zero attached hydrogens (tertiary/aromatic N) is 2. The Morgan fingerprint density at radius 3 is 2.80 bits per heavy atom. The highest BCUT2D eigenvalue weighted by atomic mass is 32.2. The lowest BCUT2D eigenvalue weighted by Crippen LogP contribution is -1.96. The van der Waals surface area contributed by atoms with Crippen molar-refractivity contribution in [3.05, 3.63) is 12.0 Å². The highest BCUT2D eigenvalue weighted by molar-refractivity contribution is 7.98. The number of aromatic nitrogens is 2. The third-order valence-electron chi connectivity index (χ3n) is 1.12. The van der Waals surface area contributed by atoms with E-state index in [4.69, 9.17) is 5.73 Å². The molecule has 2 N–H and O–H groups in total. The van der Waals surface area contributed by atoms with Crippen molar-refractivity contribution in [2.24, 2.45) is 0 Å². The molecule has 0 aliphatic rings. The monoisotopic (exact) mass is 155 g/mol. The Kier molecular flexibility index (Phi) is 2.11. The molecule has 0 atom stereocenters. The van der Waals surface area contributed by atoms with Crippen LogP contribution in [0.15, 0.2) is 11.1 Å². The van der Waals surface area contributed by atoms with E-state index in [2.05, 4.69) is 9.97 Å². The molecule has 0 aliphatic heterocycles. The fraction of sp³-hybridized carbons (Fsp3) is 0.333. The topological polar surface area (TPSA) is 51.8 Å². The molecule has 0 saturated heterocycles. The molecule has 0 unspecified atom stereocenters. The zero-order chi connectivity index (χ0) is 7.56. The van der Waals surface area contributed by atoms with Crippen molar-refractivity contribution < 1.29 is 0 Å². The summed E-state index contributed by atoms with van der Waals surface area (Å²) in [5, 5.41) is 0. The van der Waals surface area contributed by atoms with Crippen LogP contribution in [0.3, 0.4) is 0 Å². The van der Waals surface area contributed by atoms with E-state index in [1.165, 1.54) is 0 Å². The third-order valence-corrected chi connectivity index (χ3v) is 1.88. The maximum absolute atomic E-state index is 5.56. The normalized spacial score (nSPS) is 9.80. The van der Waals surface area contributed by atoms with Gasteiger partial charge in [-0.1, -0.05) is 0 Å². The molecule has 0 radical (unpaired) electrons. The maximum atomic E-state index is 5.56. The van der Waals surface area contributed by atoms with Crippen LogP contribution in [0.2, 0.25) is 0 Å². The number of thioether (sulfide) groups is 1. The van der Waals surface area contributed by atoms with Crippen molar-refractivity contribution in [1.82, 2.24) is 9.97 Å². The van der Waals surface area contributed by atoms with E-state index in [-0.39, 0.29) is 0 Å². The average molecular weight is 155 g/mol. The van der Waals surface area contributed by atoms with Crippen molar-refractivity contribution in [1.29, 1.82) is 0 Å². The van der Waals surface area contributed by atoms with E-state index in [9.17, 15) is 0 Å². The number of anilines is 1. The summed E-state index contributed by atoms with van der Waals surface area (Å²) in [6, 6.07) is 0. The summed E-state index contributed by atoms with van der Waals surface area (Å²) < 4.78 is 0. The Bertz CT molecular complexity index is 236. The third kappa shape index (κ3) is 1.39. The van der Waals surface area contributed by atoms with Crippen LogP contribution in [0, 0.1) is 6.92 Å². The second kappa shape index (κ2) is 2.88. The fourth-order valence-corrected chi connectivity index (χ4v) is 1.05. The molecule has 0 amide bonds. The van der Waals surface area contributed by atoms with Crippen LogP contribution >= 0.6 is 11.8 Å². The highest BCUT2D eigenvalue weighted by Crippen LogP contribution is 2.18. The zero-order valence-electron chi connectivity index (χ0n) is 5.96. The smallest absolute Gasteiger partial charge is 0.140 e. The summed E-state index contributed by atoms with van der Waals surface area (Å²) >= 11 is 1.55. The van der Waals surface area contributed by atoms with Gasteiger partial charge in [-0.3, -0.25) is 0 Å². The van der Waals surface area contributed by atoms with E-state index < -0.39 is 0 Å². The van der Waals surface area contributed by atoms with Gasteiger partial charge in [0.05, 0.1) is 4.90 Å². The molecule has 0 spiro atoms. The van der Waals surface area contributed by atoms with E-state index in [0.29, 0.717) is 5.82 Å². The molecular formula is C6H9N3S. The van der Waals surface area contributed by atoms with Crippen molar-refractivity contribution in [2.45, 2.75) is 11.8 Å². The molecule has 0 aromatic carbocycles. The largest absolute Gasteiger partial charge is 0.383 e. The quantitative estimate of drug-likeness (QED) is 0.617. The van der Waals surface area contributed by atoms with E-state index in [1.54, 1.807) is 18.0 Å². The molecule has 10 heavy (non-hydrogen) atoms. The Labute approximate surface area is 64.1 Å². The predicted octanol–water partition coefficient (Wildman–Crippen LogP) is 1.09. The van der Waals surface area contributed by atoms with Gasteiger partial charge in [-0.2, -0.15) is 0 Å². The van der Waals surface area contributed by atoms with Gasteiger partial charge in [-0.15, -0.1) is 11.8 Å². The average Bonchev–Trinajstić information content (AvgIpc) is 1.88. The zero-order valence-corrected chi connectivity index (χ0v) is 6.77. The predicted molar refractivity (Wildman–Crippen MR) is 43.0 cm³/mol. The second-order valence-electron chi connectivity index (χ2n) is 1.87. The summed E-state index contributed by atoms with van der Waals surface area (Å²) in [4.78, 5) is 8.92. The molecule has 0 fully saturated rings. The van der Waals surface area contributed by atoms with Crippen LogP contribution in [0.5, 0.6) is 0 Å². The SMILES string of the molecule is CSc1cnc(C)nc1N. The molecule has 1 rings (SSSR count). The minimum atomic E-state index is 0.569. The number of nitrogen functional groups attached to an aromatic ring is 1. The molecule has 1 aromatic heterocycles. The standard InChI is InChI=1S/C6H9N3S/c1-4-8-3-5(10-2)6(7)9-4/h3H,1-2H3,(H2,7,8,9). The summed E-state index contributed by atoms with van der Waals surface area (Å²) in [7, 11) is 0. The number of hydrogen-bond donors (Lipinski definition) is 1. The lowest BCUT2D eigenvalue weighted by molar-refractivity contribution is 1.02. The van der Waals surface area contributed by atoms with Crippen LogP contribution in [0.25, 0.3) is 0 Å². The van der Waals surface area contributed by atoms with E-state index >= 15 is 0 Å². The molecule has 0 saturated carbocycles. The lowest BCUT2D eigenvalue weighted by Gasteiger charge is -1.99. The molecule has 1 aromatic rings. The molecule has 1 heterocycles. The van der Waals surface area contributed by atoms with Gasteiger partial charge in [0.2, 0.25) is 0 Å². The van der Waals surface area contributed by atoms with Gasteiger partial charge in [0.25, 0.3) is 0 Å². The Hall–Kier alpha value is -0.770. The van der Waals surface area contributed by atoms with E-state index in [1.807, 2.05) is 13.2 Å². The first-order chi connectivity index (χ1) is 4.74. The van der Waals surface area contributed by atoms with Crippen molar-refractivity contribution in [3.8, 4) is 0 Å². The maximum Gasteiger partial charge on any atom is 0.140 e. The van der Waals surface area contributed by atoms with Crippen LogP contribution < -0.4 is 5.73 Å². The second-order valence-corrected chi connectivity index (χ2v) is 2.72. The van der Waals surface area contributed by atoms with Gasteiger partial charge in [0.1, 0.15) is 11.6 Å². The first-order valence-corrected chi connectivity index (χ1v) is 4.09. The Balaban J connectivity index is 3.07. The van der Waals surface area contributed by atoms with Crippen LogP contribution in [0.1, 0.15) is 5.82 Å². The lowest BCUT2D eigenvalue weighted by atomic mass is 10.5. The molecule has 54 valence electrons. The molecule has 0 aliphatic carbocycles. The highest BCUT2D eigenvalue weighted by Gasteiger charge is 1.97. The first kappa shape index (κ1) is 7.34. The van der Waals surface area contributed by atoms with Gasteiger partial charge < -0.3 is 5.73 Å². The van der Waals surface area contributed by atoms with Gasteiger partial charge >= 0.3 is 0 Å².